The molecule has 20 heteroatoms. The number of nitrogens with one attached hydrogen (secondary N) is 4. The molecule has 2 saturated carbocycles. The number of aromatic nitrogens is 3. The maximum Gasteiger partial charge on any atom is 0.268 e. The minimum atomic E-state index is -2.01. The fraction of sp³-hybridized carbons (Fsp3) is 0.500. The Morgan fingerprint density at radius 2 is 1.74 bits per heavy atom. The first-order valence-electron chi connectivity index (χ1n) is 23.8. The average molecular weight is 1020 g/mol. The van der Waals surface area contributed by atoms with Crippen LogP contribution in [0.5, 0.6) is 5.75 Å². The van der Waals surface area contributed by atoms with Crippen LogP contribution in [0.15, 0.2) is 65.9 Å². The van der Waals surface area contributed by atoms with Gasteiger partial charge in [-0.3, -0.25) is 24.1 Å². The fourth-order valence-electron chi connectivity index (χ4n) is 9.26. The predicted octanol–water partition coefficient (Wildman–Crippen LogP) is 6.82. The molecule has 1 saturated heterocycles. The third-order valence-corrected chi connectivity index (χ3v) is 16.6. The molecule has 3 fully saturated rings. The van der Waals surface area contributed by atoms with Crippen LogP contribution >= 0.6 is 34.7 Å². The summed E-state index contributed by atoms with van der Waals surface area (Å²) >= 11 is 9.27. The summed E-state index contributed by atoms with van der Waals surface area (Å²) in [5, 5.41) is 22.8. The molecule has 2 aromatic carbocycles. The van der Waals surface area contributed by atoms with Crippen LogP contribution in [0, 0.1) is 18.8 Å². The second-order valence-corrected chi connectivity index (χ2v) is 22.1. The quantitative estimate of drug-likeness (QED) is 0.0698. The summed E-state index contributed by atoms with van der Waals surface area (Å²) < 4.78 is 19.9. The van der Waals surface area contributed by atoms with Crippen molar-refractivity contribution in [2.24, 2.45) is 11.8 Å². The van der Waals surface area contributed by atoms with Crippen molar-refractivity contribution in [2.45, 2.75) is 88.4 Å². The van der Waals surface area contributed by atoms with Gasteiger partial charge >= 0.3 is 0 Å². The molecule has 2 atom stereocenters. The summed E-state index contributed by atoms with van der Waals surface area (Å²) in [6.45, 7) is 9.51. The minimum absolute atomic E-state index is 0.00281. The van der Waals surface area contributed by atoms with Crippen LogP contribution in [-0.4, -0.2) is 140 Å². The van der Waals surface area contributed by atoms with Gasteiger partial charge in [0.05, 0.1) is 47.7 Å². The van der Waals surface area contributed by atoms with E-state index in [4.69, 9.17) is 16.3 Å². The van der Waals surface area contributed by atoms with E-state index >= 15 is 4.39 Å². The largest absolute Gasteiger partial charge is 0.495 e. The molecule has 16 nitrogen and oxygen atoms in total. The van der Waals surface area contributed by atoms with E-state index in [9.17, 15) is 24.3 Å². The van der Waals surface area contributed by atoms with Gasteiger partial charge in [0.25, 0.3) is 23.6 Å². The first kappa shape index (κ1) is 51.0. The highest BCUT2D eigenvalue weighted by molar-refractivity contribution is 8.00. The van der Waals surface area contributed by atoms with E-state index in [1.54, 1.807) is 61.0 Å². The molecule has 2 aliphatic heterocycles. The zero-order valence-corrected chi connectivity index (χ0v) is 42.6. The molecule has 374 valence electrons. The number of halogens is 2. The van der Waals surface area contributed by atoms with Crippen molar-refractivity contribution in [3.05, 3.63) is 87.8 Å². The van der Waals surface area contributed by atoms with Crippen molar-refractivity contribution in [2.75, 3.05) is 69.8 Å². The number of rotatable bonds is 18. The van der Waals surface area contributed by atoms with Crippen LogP contribution in [0.4, 0.5) is 21.8 Å². The lowest BCUT2D eigenvalue weighted by Gasteiger charge is -2.39. The summed E-state index contributed by atoms with van der Waals surface area (Å²) in [7, 11) is 3.27. The van der Waals surface area contributed by atoms with Crippen LogP contribution in [0.3, 0.4) is 0 Å². The number of thiazole rings is 1. The number of piperazine rings is 1. The lowest BCUT2D eigenvalue weighted by atomic mass is 9.82. The Labute approximate surface area is 421 Å². The number of hydrogen-bond donors (Lipinski definition) is 5. The number of benzene rings is 2. The molecule has 5 N–H and O–H groups in total. The van der Waals surface area contributed by atoms with E-state index in [1.165, 1.54) is 17.2 Å². The molecule has 70 heavy (non-hydrogen) atoms. The Bertz CT molecular complexity index is 2580. The molecule has 4 amide bonds. The molecule has 4 heterocycles. The predicted molar refractivity (Wildman–Crippen MR) is 272 cm³/mol. The van der Waals surface area contributed by atoms with Gasteiger partial charge in [0.15, 0.2) is 5.67 Å². The Balaban J connectivity index is 0.809. The number of carbonyl (C=O) groups is 4. The Kier molecular flexibility index (Phi) is 16.0. The highest BCUT2D eigenvalue weighted by atomic mass is 35.5. The number of methoxy groups -OCH3 is 1. The standard InChI is InChI=1S/C50H62ClFN10O6S2/c1-30-41(69-29-56-30)34-12-10-31(11-13-34)24-54-44(64)39-23-36(63)27-62(39)46(66)42(58-47(67)50(52)16-17-50)49(2,3)70-28-33-8-6-32(7-9-33)26-60-18-20-61(21-19-60)45(65)35-14-15-38(40(22-35)68-5)57-48-55-25-37(51)43(53-4)59-48/h10-15,22-23,25,29,32-33,36,42,63H,6-9,16-21,24,26-28H2,1-5H3,(H,54,64)(H,58,67)(H2,53,55,57,59). The molecule has 0 spiro atoms. The number of thioether (sulfide) groups is 1. The fourth-order valence-corrected chi connectivity index (χ4v) is 11.6. The lowest BCUT2D eigenvalue weighted by molar-refractivity contribution is -0.138. The number of alkyl halides is 1. The van der Waals surface area contributed by atoms with Crippen molar-refractivity contribution >= 4 is 75.8 Å². The third kappa shape index (κ3) is 12.0. The summed E-state index contributed by atoms with van der Waals surface area (Å²) in [5.41, 5.74) is 3.76. The zero-order valence-electron chi connectivity index (χ0n) is 40.2. The van der Waals surface area contributed by atoms with Crippen molar-refractivity contribution in [1.29, 1.82) is 0 Å². The van der Waals surface area contributed by atoms with Gasteiger partial charge in [-0.25, -0.2) is 14.4 Å². The smallest absolute Gasteiger partial charge is 0.268 e. The van der Waals surface area contributed by atoms with E-state index in [1.807, 2.05) is 49.9 Å². The summed E-state index contributed by atoms with van der Waals surface area (Å²) in [6.07, 6.45) is 6.09. The van der Waals surface area contributed by atoms with Crippen molar-refractivity contribution in [3.63, 3.8) is 0 Å². The van der Waals surface area contributed by atoms with Gasteiger partial charge in [-0.05, 0) is 112 Å². The van der Waals surface area contributed by atoms with E-state index in [-0.39, 0.29) is 37.5 Å². The number of hydrogen-bond acceptors (Lipinski definition) is 14. The number of β-amino-alcohol motifs (C(OH)–C–C–N with tert-alkyl or cyclic N) is 1. The third-order valence-electron chi connectivity index (χ3n) is 13.7. The molecule has 8 rings (SSSR count). The summed E-state index contributed by atoms with van der Waals surface area (Å²) in [6, 6.07) is 11.9. The molecular weight excluding hydrogens is 955 g/mol. The maximum absolute atomic E-state index is 15.2. The Hall–Kier alpha value is -5.34. The Morgan fingerprint density at radius 1 is 1.03 bits per heavy atom. The van der Waals surface area contributed by atoms with Crippen LogP contribution < -0.4 is 26.0 Å². The number of aliphatic hydroxyl groups excluding tert-OH is 1. The second kappa shape index (κ2) is 22.0. The van der Waals surface area contributed by atoms with Gasteiger partial charge in [0.2, 0.25) is 5.95 Å². The maximum atomic E-state index is 15.2. The number of nitrogens with zero attached hydrogens (tertiary/aromatic N) is 6. The first-order valence-corrected chi connectivity index (χ1v) is 26.1. The number of anilines is 3. The Morgan fingerprint density at radius 3 is 2.40 bits per heavy atom. The van der Waals surface area contributed by atoms with E-state index < -0.39 is 40.3 Å². The van der Waals surface area contributed by atoms with E-state index in [0.717, 1.165) is 72.8 Å². The summed E-state index contributed by atoms with van der Waals surface area (Å²) in [4.78, 5) is 74.6. The number of aryl methyl sites for hydroxylation is 1. The van der Waals surface area contributed by atoms with Crippen molar-refractivity contribution < 1.29 is 33.4 Å². The number of amides is 4. The van der Waals surface area contributed by atoms with Crippen LogP contribution in [0.1, 0.15) is 74.0 Å². The van der Waals surface area contributed by atoms with E-state index in [0.29, 0.717) is 58.7 Å². The SMILES string of the molecule is CNc1nc(Nc2ccc(C(=O)N3CCN(CC4CCC(CSC(C)(C)C(NC(=O)C5(F)CC5)C(=O)N5CC(O)C=C5C(=O)NCc5ccc(-c6scnc6C)cc5)CC4)CC3)cc2OC)ncc1Cl. The van der Waals surface area contributed by atoms with Gasteiger partial charge in [-0.15, -0.1) is 11.3 Å². The molecule has 2 aromatic heterocycles. The number of ether oxygens (including phenoxy) is 1. The van der Waals surface area contributed by atoms with Crippen molar-refractivity contribution in [1.82, 2.24) is 40.3 Å². The number of carbonyl (C=O) groups excluding carboxylic acids is 4. The molecule has 0 radical (unpaired) electrons. The van der Waals surface area contributed by atoms with Gasteiger partial charge < -0.3 is 40.9 Å². The second-order valence-electron chi connectivity index (χ2n) is 19.2. The monoisotopic (exact) mass is 1020 g/mol. The van der Waals surface area contributed by atoms with Gasteiger partial charge in [0, 0.05) is 56.6 Å². The first-order chi connectivity index (χ1) is 33.5. The minimum Gasteiger partial charge on any atom is -0.495 e. The van der Waals surface area contributed by atoms with Crippen LogP contribution in [-0.2, 0) is 20.9 Å². The molecule has 2 unspecified atom stereocenters. The number of aliphatic hydroxyl groups is 1. The highest BCUT2D eigenvalue weighted by Gasteiger charge is 2.53. The van der Waals surface area contributed by atoms with Crippen LogP contribution in [0.2, 0.25) is 5.02 Å². The van der Waals surface area contributed by atoms with E-state index in [2.05, 4.69) is 41.1 Å². The average Bonchev–Trinajstić information content (AvgIpc) is 3.77. The zero-order chi connectivity index (χ0) is 49.7. The molecule has 0 bridgehead atoms. The molecule has 2 aliphatic carbocycles. The van der Waals surface area contributed by atoms with Gasteiger partial charge in [-0.1, -0.05) is 35.9 Å². The molecular formula is C50H62ClFN10O6S2. The van der Waals surface area contributed by atoms with Gasteiger partial charge in [-0.2, -0.15) is 16.7 Å². The lowest BCUT2D eigenvalue weighted by Crippen LogP contribution is -2.59. The van der Waals surface area contributed by atoms with Crippen LogP contribution in [0.25, 0.3) is 10.4 Å². The van der Waals surface area contributed by atoms with Crippen molar-refractivity contribution in [3.8, 4) is 16.2 Å². The normalized spacial score (nSPS) is 20.6. The summed E-state index contributed by atoms with van der Waals surface area (Å²) in [5.74, 6) is 0.969. The molecule has 4 aliphatic rings. The topological polar surface area (TPSA) is 194 Å². The van der Waals surface area contributed by atoms with Gasteiger partial charge in [0.1, 0.15) is 28.3 Å². The highest BCUT2D eigenvalue weighted by Crippen LogP contribution is 2.42. The molecule has 4 aromatic rings.